The molecule has 0 aromatic heterocycles. The molecule has 0 rings (SSSR count). The molecule has 48 valence electrons. The molecule has 3 nitrogen and oxygen atoms in total. The molecule has 0 unspecified atom stereocenters. The average Bonchev–Trinajstić information content (AvgIpc) is 1.65. The van der Waals surface area contributed by atoms with Crippen molar-refractivity contribution in [2.75, 3.05) is 6.61 Å². The van der Waals surface area contributed by atoms with Crippen LogP contribution in [0.1, 0.15) is 13.3 Å². The van der Waals surface area contributed by atoms with E-state index in [4.69, 9.17) is 10.8 Å². The predicted octanol–water partition coefficient (Wildman–Crippen LogP) is -0.715. The summed E-state index contributed by atoms with van der Waals surface area (Å²) in [5.74, 6) is 0.0200. The highest BCUT2D eigenvalue weighted by atomic mass is 16.3. The molecule has 0 aliphatic rings. The third-order valence-corrected chi connectivity index (χ3v) is 0.784. The van der Waals surface area contributed by atoms with Gasteiger partial charge in [0.1, 0.15) is 5.78 Å². The number of hydrogen-bond acceptors (Lipinski definition) is 3. The lowest BCUT2D eigenvalue weighted by Gasteiger charge is -2.01. The van der Waals surface area contributed by atoms with Gasteiger partial charge in [0.2, 0.25) is 0 Å². The predicted molar refractivity (Wildman–Crippen MR) is 30.4 cm³/mol. The first-order chi connectivity index (χ1) is 3.66. The monoisotopic (exact) mass is 117 g/mol. The molecule has 0 fully saturated rings. The van der Waals surface area contributed by atoms with Crippen molar-refractivity contribution in [1.82, 2.24) is 0 Å². The van der Waals surface area contributed by atoms with E-state index in [1.54, 1.807) is 0 Å². The largest absolute Gasteiger partial charge is 0.395 e. The van der Waals surface area contributed by atoms with Crippen LogP contribution in [0, 0.1) is 0 Å². The van der Waals surface area contributed by atoms with Crippen molar-refractivity contribution in [2.24, 2.45) is 5.73 Å². The van der Waals surface area contributed by atoms with Gasteiger partial charge < -0.3 is 10.8 Å². The summed E-state index contributed by atoms with van der Waals surface area (Å²) in [5, 5.41) is 8.31. The normalized spacial score (nSPS) is 13.4. The molecule has 0 spiro atoms. The van der Waals surface area contributed by atoms with Gasteiger partial charge in [-0.15, -0.1) is 0 Å². The van der Waals surface area contributed by atoms with E-state index >= 15 is 0 Å². The van der Waals surface area contributed by atoms with E-state index in [1.807, 2.05) is 0 Å². The summed E-state index contributed by atoms with van der Waals surface area (Å²) in [6.07, 6.45) is 0.274. The Balaban J connectivity index is 3.24. The molecule has 1 atom stereocenters. The van der Waals surface area contributed by atoms with Crippen LogP contribution in [0.15, 0.2) is 0 Å². The van der Waals surface area contributed by atoms with Gasteiger partial charge in [0.05, 0.1) is 6.61 Å². The van der Waals surface area contributed by atoms with Crippen LogP contribution in [-0.2, 0) is 4.79 Å². The van der Waals surface area contributed by atoms with Gasteiger partial charge in [-0.1, -0.05) is 0 Å². The second-order valence-electron chi connectivity index (χ2n) is 1.85. The first kappa shape index (κ1) is 7.59. The maximum atomic E-state index is 10.2. The summed E-state index contributed by atoms with van der Waals surface area (Å²) in [6, 6.07) is -0.368. The number of carbonyl (C=O) groups is 1. The Morgan fingerprint density at radius 2 is 2.38 bits per heavy atom. The first-order valence-electron chi connectivity index (χ1n) is 2.52. The third-order valence-electron chi connectivity index (χ3n) is 0.784. The lowest BCUT2D eigenvalue weighted by atomic mass is 10.2. The summed E-state index contributed by atoms with van der Waals surface area (Å²) in [4.78, 5) is 10.2. The van der Waals surface area contributed by atoms with E-state index in [9.17, 15) is 4.79 Å². The van der Waals surface area contributed by atoms with Crippen LogP contribution in [0.5, 0.6) is 0 Å². The topological polar surface area (TPSA) is 63.3 Å². The van der Waals surface area contributed by atoms with Gasteiger partial charge >= 0.3 is 0 Å². The zero-order valence-corrected chi connectivity index (χ0v) is 4.92. The van der Waals surface area contributed by atoms with Gasteiger partial charge in [0, 0.05) is 12.5 Å². The summed E-state index contributed by atoms with van der Waals surface area (Å²) >= 11 is 0. The highest BCUT2D eigenvalue weighted by Gasteiger charge is 2.01. The van der Waals surface area contributed by atoms with Gasteiger partial charge in [-0.05, 0) is 6.92 Å². The summed E-state index contributed by atoms with van der Waals surface area (Å²) < 4.78 is 0. The summed E-state index contributed by atoms with van der Waals surface area (Å²) in [5.41, 5.74) is 5.20. The minimum Gasteiger partial charge on any atom is -0.395 e. The number of hydrogen-bond donors (Lipinski definition) is 2. The molecular formula is C5H11NO2. The Morgan fingerprint density at radius 1 is 1.88 bits per heavy atom. The molecule has 0 saturated heterocycles. The standard InChI is InChI=1S/C5H11NO2/c1-4(8)2-5(6)3-7/h5,7H,2-3,6H2,1H3/t5-/m0/s1. The van der Waals surface area contributed by atoms with Crippen LogP contribution in [-0.4, -0.2) is 23.5 Å². The Labute approximate surface area is 48.5 Å². The Morgan fingerprint density at radius 3 is 2.50 bits per heavy atom. The van der Waals surface area contributed by atoms with E-state index in [2.05, 4.69) is 0 Å². The molecule has 0 bridgehead atoms. The minimum atomic E-state index is -0.368. The van der Waals surface area contributed by atoms with Crippen molar-refractivity contribution in [3.63, 3.8) is 0 Å². The summed E-state index contributed by atoms with van der Waals surface area (Å²) in [7, 11) is 0. The van der Waals surface area contributed by atoms with Crippen LogP contribution >= 0.6 is 0 Å². The lowest BCUT2D eigenvalue weighted by molar-refractivity contribution is -0.117. The molecule has 0 aliphatic heterocycles. The number of aliphatic hydroxyl groups is 1. The van der Waals surface area contributed by atoms with Crippen LogP contribution < -0.4 is 5.73 Å². The molecule has 0 radical (unpaired) electrons. The maximum absolute atomic E-state index is 10.2. The SMILES string of the molecule is CC(=O)C[C@H](N)CO. The molecular weight excluding hydrogens is 106 g/mol. The zero-order valence-electron chi connectivity index (χ0n) is 4.92. The fourth-order valence-electron chi connectivity index (χ4n) is 0.434. The van der Waals surface area contributed by atoms with Gasteiger partial charge in [-0.3, -0.25) is 4.79 Å². The quantitative estimate of drug-likeness (QED) is 0.513. The fraction of sp³-hybridized carbons (Fsp3) is 0.800. The highest BCUT2D eigenvalue weighted by Crippen LogP contribution is 1.85. The van der Waals surface area contributed by atoms with Crippen molar-refractivity contribution in [3.05, 3.63) is 0 Å². The molecule has 3 heteroatoms. The van der Waals surface area contributed by atoms with Crippen molar-refractivity contribution in [1.29, 1.82) is 0 Å². The van der Waals surface area contributed by atoms with E-state index in [1.165, 1.54) is 6.92 Å². The molecule has 0 amide bonds. The van der Waals surface area contributed by atoms with Gasteiger partial charge in [0.25, 0.3) is 0 Å². The van der Waals surface area contributed by atoms with Crippen molar-refractivity contribution in [2.45, 2.75) is 19.4 Å². The summed E-state index contributed by atoms with van der Waals surface area (Å²) in [6.45, 7) is 1.34. The molecule has 8 heavy (non-hydrogen) atoms. The molecule has 0 saturated carbocycles. The van der Waals surface area contributed by atoms with E-state index in [0.29, 0.717) is 0 Å². The number of rotatable bonds is 3. The number of nitrogens with two attached hydrogens (primary N) is 1. The van der Waals surface area contributed by atoms with Crippen molar-refractivity contribution >= 4 is 5.78 Å². The minimum absolute atomic E-state index is 0.0200. The number of carbonyl (C=O) groups excluding carboxylic acids is 1. The highest BCUT2D eigenvalue weighted by molar-refractivity contribution is 5.76. The van der Waals surface area contributed by atoms with E-state index in [0.717, 1.165) is 0 Å². The second kappa shape index (κ2) is 3.57. The zero-order chi connectivity index (χ0) is 6.57. The number of Topliss-reactive ketones (excluding diaryl/α,β-unsaturated/α-hetero) is 1. The van der Waals surface area contributed by atoms with Crippen LogP contribution in [0.2, 0.25) is 0 Å². The van der Waals surface area contributed by atoms with E-state index < -0.39 is 0 Å². The number of ketones is 1. The second-order valence-corrected chi connectivity index (χ2v) is 1.85. The Kier molecular flexibility index (Phi) is 3.39. The first-order valence-corrected chi connectivity index (χ1v) is 2.52. The Hall–Kier alpha value is -0.410. The third kappa shape index (κ3) is 3.77. The Bertz CT molecular complexity index is 82.5. The molecule has 0 aromatic rings. The lowest BCUT2D eigenvalue weighted by Crippen LogP contribution is -2.26. The number of aliphatic hydroxyl groups excluding tert-OH is 1. The van der Waals surface area contributed by atoms with Crippen LogP contribution in [0.3, 0.4) is 0 Å². The van der Waals surface area contributed by atoms with Gasteiger partial charge in [-0.2, -0.15) is 0 Å². The van der Waals surface area contributed by atoms with Crippen molar-refractivity contribution in [3.8, 4) is 0 Å². The van der Waals surface area contributed by atoms with E-state index in [-0.39, 0.29) is 24.9 Å². The molecule has 0 aromatic carbocycles. The smallest absolute Gasteiger partial charge is 0.131 e. The van der Waals surface area contributed by atoms with Crippen molar-refractivity contribution < 1.29 is 9.90 Å². The average molecular weight is 117 g/mol. The molecule has 0 aliphatic carbocycles. The van der Waals surface area contributed by atoms with Crippen LogP contribution in [0.25, 0.3) is 0 Å². The van der Waals surface area contributed by atoms with Gasteiger partial charge in [-0.25, -0.2) is 0 Å². The maximum Gasteiger partial charge on any atom is 0.131 e. The molecule has 0 heterocycles. The fourth-order valence-corrected chi connectivity index (χ4v) is 0.434. The molecule has 3 N–H and O–H groups in total. The van der Waals surface area contributed by atoms with Gasteiger partial charge in [0.15, 0.2) is 0 Å². The van der Waals surface area contributed by atoms with Crippen LogP contribution in [0.4, 0.5) is 0 Å².